The average Bonchev–Trinajstić information content (AvgIpc) is 2.38. The number of benzene rings is 1. The van der Waals surface area contributed by atoms with Crippen molar-refractivity contribution in [2.75, 3.05) is 20.3 Å². The van der Waals surface area contributed by atoms with Crippen molar-refractivity contribution >= 4 is 0 Å². The van der Waals surface area contributed by atoms with E-state index < -0.39 is 19.0 Å². The van der Waals surface area contributed by atoms with Crippen LogP contribution in [0.1, 0.15) is 5.56 Å². The molecule has 0 heterocycles. The molecule has 0 aliphatic carbocycles. The molecule has 0 fully saturated rings. The van der Waals surface area contributed by atoms with Crippen LogP contribution in [0.5, 0.6) is 0 Å². The van der Waals surface area contributed by atoms with Gasteiger partial charge >= 0.3 is 12.3 Å². The van der Waals surface area contributed by atoms with E-state index in [4.69, 9.17) is 4.74 Å². The summed E-state index contributed by atoms with van der Waals surface area (Å²) in [5, 5.41) is 2.91. The molecule has 1 aromatic carbocycles. The van der Waals surface area contributed by atoms with E-state index in [0.717, 1.165) is 5.56 Å². The molecule has 1 N–H and O–H groups in total. The summed E-state index contributed by atoms with van der Waals surface area (Å²) in [7, 11) is 1.67. The third-order valence-electron chi connectivity index (χ3n) is 2.67. The smallest absolute Gasteiger partial charge is 0.330 e. The van der Waals surface area contributed by atoms with Gasteiger partial charge in [0.2, 0.25) is 0 Å². The molecule has 0 aliphatic rings. The van der Waals surface area contributed by atoms with E-state index in [2.05, 4.69) is 5.32 Å². The Morgan fingerprint density at radius 2 is 1.84 bits per heavy atom. The Hall–Kier alpha value is -1.14. The van der Waals surface area contributed by atoms with E-state index in [1.165, 1.54) is 0 Å². The highest BCUT2D eigenvalue weighted by molar-refractivity contribution is 5.15. The van der Waals surface area contributed by atoms with E-state index in [-0.39, 0.29) is 12.6 Å². The minimum absolute atomic E-state index is 0.0479. The molecule has 1 atom stereocenters. The maximum Gasteiger partial charge on any atom is 0.330 e. The van der Waals surface area contributed by atoms with Gasteiger partial charge in [-0.3, -0.25) is 0 Å². The first-order chi connectivity index (χ1) is 8.95. The summed E-state index contributed by atoms with van der Waals surface area (Å²) in [6.45, 7) is -1.31. The zero-order valence-corrected chi connectivity index (χ0v) is 10.6. The van der Waals surface area contributed by atoms with Crippen LogP contribution in [-0.4, -0.2) is 38.7 Å². The molecule has 0 saturated heterocycles. The van der Waals surface area contributed by atoms with Gasteiger partial charge in [-0.15, -0.1) is 0 Å². The van der Waals surface area contributed by atoms with Gasteiger partial charge in [-0.05, 0) is 19.0 Å². The molecule has 2 nitrogen and oxygen atoms in total. The predicted molar refractivity (Wildman–Crippen MR) is 64.8 cm³/mol. The van der Waals surface area contributed by atoms with Crippen LogP contribution in [0, 0.1) is 0 Å². The first-order valence-electron chi connectivity index (χ1n) is 5.90. The average molecular weight is 279 g/mol. The van der Waals surface area contributed by atoms with Crippen molar-refractivity contribution in [3.8, 4) is 0 Å². The van der Waals surface area contributed by atoms with E-state index in [1.807, 2.05) is 30.3 Å². The molecule has 0 spiro atoms. The molecule has 19 heavy (non-hydrogen) atoms. The van der Waals surface area contributed by atoms with Crippen LogP contribution in [0.25, 0.3) is 0 Å². The molecule has 1 rings (SSSR count). The molecule has 1 aromatic rings. The van der Waals surface area contributed by atoms with Gasteiger partial charge in [0, 0.05) is 6.04 Å². The van der Waals surface area contributed by atoms with Gasteiger partial charge in [0.15, 0.2) is 0 Å². The molecule has 0 bridgehead atoms. The maximum atomic E-state index is 12.6. The summed E-state index contributed by atoms with van der Waals surface area (Å²) in [4.78, 5) is 0. The van der Waals surface area contributed by atoms with Crippen LogP contribution in [0.15, 0.2) is 30.3 Å². The summed E-state index contributed by atoms with van der Waals surface area (Å²) in [6, 6.07) is 9.21. The molecular formula is C13H17F4NO. The monoisotopic (exact) mass is 279 g/mol. The van der Waals surface area contributed by atoms with Crippen molar-refractivity contribution in [2.45, 2.75) is 24.8 Å². The maximum absolute atomic E-state index is 12.6. The zero-order valence-electron chi connectivity index (χ0n) is 10.6. The summed E-state index contributed by atoms with van der Waals surface area (Å²) in [6.07, 6.45) is -3.12. The van der Waals surface area contributed by atoms with Crippen LogP contribution in [0.2, 0.25) is 0 Å². The van der Waals surface area contributed by atoms with Crippen molar-refractivity contribution in [3.05, 3.63) is 35.9 Å². The zero-order chi connectivity index (χ0) is 14.3. The minimum atomic E-state index is -4.09. The number of alkyl halides is 4. The molecule has 0 saturated carbocycles. The molecule has 0 radical (unpaired) electrons. The molecule has 0 amide bonds. The topological polar surface area (TPSA) is 21.3 Å². The Bertz CT molecular complexity index is 359. The summed E-state index contributed by atoms with van der Waals surface area (Å²) >= 11 is 0. The van der Waals surface area contributed by atoms with Crippen LogP contribution in [0.4, 0.5) is 17.6 Å². The first-order valence-corrected chi connectivity index (χ1v) is 5.90. The van der Waals surface area contributed by atoms with Gasteiger partial charge in [0.1, 0.15) is 6.61 Å². The normalized spacial score (nSPS) is 13.8. The van der Waals surface area contributed by atoms with Gasteiger partial charge in [-0.25, -0.2) is 8.78 Å². The number of hydrogen-bond acceptors (Lipinski definition) is 2. The lowest BCUT2D eigenvalue weighted by molar-refractivity contribution is -0.166. The molecule has 108 valence electrons. The molecule has 0 aliphatic heterocycles. The summed E-state index contributed by atoms with van der Waals surface area (Å²) in [5.74, 6) is -4.09. The lowest BCUT2D eigenvalue weighted by Crippen LogP contribution is -2.37. The highest BCUT2D eigenvalue weighted by Gasteiger charge is 2.41. The first kappa shape index (κ1) is 15.9. The third kappa shape index (κ3) is 5.57. The number of likely N-dealkylation sites (N-methyl/N-ethyl adjacent to an activating group) is 1. The van der Waals surface area contributed by atoms with Crippen LogP contribution in [-0.2, 0) is 11.2 Å². The molecule has 1 unspecified atom stereocenters. The second-order valence-corrected chi connectivity index (χ2v) is 4.25. The molecule has 0 aromatic heterocycles. The number of nitrogens with one attached hydrogen (secondary N) is 1. The lowest BCUT2D eigenvalue weighted by Gasteiger charge is -2.19. The standard InChI is InChI=1S/C13H17F4NO/c1-18-11(7-10-5-3-2-4-6-10)8-19-9-13(16,17)12(14)15/h2-6,11-12,18H,7-9H2,1H3. The van der Waals surface area contributed by atoms with E-state index >= 15 is 0 Å². The highest BCUT2D eigenvalue weighted by Crippen LogP contribution is 2.22. The second-order valence-electron chi connectivity index (χ2n) is 4.25. The fourth-order valence-electron chi connectivity index (χ4n) is 1.54. The Labute approximate surface area is 109 Å². The van der Waals surface area contributed by atoms with E-state index in [9.17, 15) is 17.6 Å². The number of hydrogen-bond donors (Lipinski definition) is 1. The lowest BCUT2D eigenvalue weighted by atomic mass is 10.1. The van der Waals surface area contributed by atoms with Crippen LogP contribution >= 0.6 is 0 Å². The largest absolute Gasteiger partial charge is 0.373 e. The van der Waals surface area contributed by atoms with Gasteiger partial charge < -0.3 is 10.1 Å². The van der Waals surface area contributed by atoms with Crippen LogP contribution < -0.4 is 5.32 Å². The number of halogens is 4. The highest BCUT2D eigenvalue weighted by atomic mass is 19.3. The molecule has 6 heteroatoms. The van der Waals surface area contributed by atoms with Gasteiger partial charge in [0.05, 0.1) is 6.61 Å². The van der Waals surface area contributed by atoms with Crippen molar-refractivity contribution in [3.63, 3.8) is 0 Å². The van der Waals surface area contributed by atoms with Crippen molar-refractivity contribution in [2.24, 2.45) is 0 Å². The van der Waals surface area contributed by atoms with Crippen LogP contribution in [0.3, 0.4) is 0 Å². The van der Waals surface area contributed by atoms with Gasteiger partial charge in [0.25, 0.3) is 0 Å². The Kier molecular flexibility index (Phi) is 6.24. The van der Waals surface area contributed by atoms with E-state index in [0.29, 0.717) is 6.42 Å². The predicted octanol–water partition coefficient (Wildman–Crippen LogP) is 2.73. The number of ether oxygens (including phenoxy) is 1. The van der Waals surface area contributed by atoms with Crippen molar-refractivity contribution in [1.29, 1.82) is 0 Å². The fraction of sp³-hybridized carbons (Fsp3) is 0.538. The quantitative estimate of drug-likeness (QED) is 0.739. The summed E-state index contributed by atoms with van der Waals surface area (Å²) in [5.41, 5.74) is 1.02. The SMILES string of the molecule is CNC(COCC(F)(F)C(F)F)Cc1ccccc1. The Balaban J connectivity index is 2.38. The Morgan fingerprint density at radius 1 is 1.21 bits per heavy atom. The third-order valence-corrected chi connectivity index (χ3v) is 2.67. The van der Waals surface area contributed by atoms with Crippen molar-refractivity contribution < 1.29 is 22.3 Å². The van der Waals surface area contributed by atoms with Crippen molar-refractivity contribution in [1.82, 2.24) is 5.32 Å². The minimum Gasteiger partial charge on any atom is -0.373 e. The molecular weight excluding hydrogens is 262 g/mol. The van der Waals surface area contributed by atoms with Gasteiger partial charge in [-0.2, -0.15) is 8.78 Å². The summed E-state index contributed by atoms with van der Waals surface area (Å²) < 4.78 is 53.8. The fourth-order valence-corrected chi connectivity index (χ4v) is 1.54. The second kappa shape index (κ2) is 7.45. The van der Waals surface area contributed by atoms with E-state index in [1.54, 1.807) is 7.05 Å². The van der Waals surface area contributed by atoms with Gasteiger partial charge in [-0.1, -0.05) is 30.3 Å². The number of rotatable bonds is 8. The Morgan fingerprint density at radius 3 is 2.37 bits per heavy atom.